The van der Waals surface area contributed by atoms with E-state index in [1.807, 2.05) is 0 Å². The van der Waals surface area contributed by atoms with Crippen molar-refractivity contribution in [3.63, 3.8) is 0 Å². The van der Waals surface area contributed by atoms with Crippen LogP contribution in [-0.4, -0.2) is 0 Å². The SMILES string of the molecule is Fc1c(F)c(F)c(-c2ccc3c(ccc4cc(-c5c(F)c(F)c(F)c(F)c5F)ccc43)c2)c(F)c1F. The molecule has 0 bridgehead atoms. The first kappa shape index (κ1) is 23.7. The van der Waals surface area contributed by atoms with Gasteiger partial charge in [-0.2, -0.15) is 0 Å². The predicted molar refractivity (Wildman–Crippen MR) is 112 cm³/mol. The van der Waals surface area contributed by atoms with E-state index in [0.717, 1.165) is 12.1 Å². The standard InChI is InChI=1S/C26H8F10/c27-17-15(18(28)22(32)25(35)21(17)31)11-3-5-13-9(7-11)1-2-10-8-12(4-6-14(10)13)16-19(29)23(33)26(36)24(34)20(16)30/h1-8H. The van der Waals surface area contributed by atoms with Crippen LogP contribution in [0.5, 0.6) is 0 Å². The summed E-state index contributed by atoms with van der Waals surface area (Å²) < 4.78 is 138. The Morgan fingerprint density at radius 3 is 0.889 bits per heavy atom. The first-order valence-electron chi connectivity index (χ1n) is 10.0. The van der Waals surface area contributed by atoms with Crippen molar-refractivity contribution in [1.82, 2.24) is 0 Å². The molecule has 0 heterocycles. The van der Waals surface area contributed by atoms with Gasteiger partial charge in [0, 0.05) is 0 Å². The van der Waals surface area contributed by atoms with E-state index in [4.69, 9.17) is 0 Å². The average Bonchev–Trinajstić information content (AvgIpc) is 2.88. The Hall–Kier alpha value is -4.08. The second kappa shape index (κ2) is 8.25. The number of rotatable bonds is 2. The van der Waals surface area contributed by atoms with Gasteiger partial charge in [0.2, 0.25) is 11.6 Å². The molecule has 0 fully saturated rings. The summed E-state index contributed by atoms with van der Waals surface area (Å²) in [5.41, 5.74) is -2.83. The van der Waals surface area contributed by atoms with E-state index in [9.17, 15) is 43.9 Å². The van der Waals surface area contributed by atoms with Crippen molar-refractivity contribution >= 4 is 21.5 Å². The van der Waals surface area contributed by atoms with Gasteiger partial charge in [-0.3, -0.25) is 0 Å². The molecule has 5 rings (SSSR count). The molecule has 0 amide bonds. The van der Waals surface area contributed by atoms with E-state index in [-0.39, 0.29) is 11.1 Å². The highest BCUT2D eigenvalue weighted by molar-refractivity contribution is 6.09. The molecule has 0 aromatic heterocycles. The van der Waals surface area contributed by atoms with Crippen LogP contribution in [0.3, 0.4) is 0 Å². The summed E-state index contributed by atoms with van der Waals surface area (Å²) in [6.45, 7) is 0. The van der Waals surface area contributed by atoms with Gasteiger partial charge in [-0.15, -0.1) is 0 Å². The first-order chi connectivity index (χ1) is 17.0. The van der Waals surface area contributed by atoms with Gasteiger partial charge in [0.15, 0.2) is 46.5 Å². The summed E-state index contributed by atoms with van der Waals surface area (Å²) in [6, 6.07) is 10.1. The van der Waals surface area contributed by atoms with Crippen molar-refractivity contribution in [3.8, 4) is 22.3 Å². The Morgan fingerprint density at radius 1 is 0.306 bits per heavy atom. The summed E-state index contributed by atoms with van der Waals surface area (Å²) in [5.74, 6) is -21.0. The summed E-state index contributed by atoms with van der Waals surface area (Å²) in [4.78, 5) is 0. The fourth-order valence-corrected chi connectivity index (χ4v) is 4.10. The number of hydrogen-bond acceptors (Lipinski definition) is 0. The smallest absolute Gasteiger partial charge is 0.200 e. The van der Waals surface area contributed by atoms with Crippen LogP contribution in [-0.2, 0) is 0 Å². The van der Waals surface area contributed by atoms with Crippen molar-refractivity contribution < 1.29 is 43.9 Å². The number of hydrogen-bond donors (Lipinski definition) is 0. The van der Waals surface area contributed by atoms with E-state index in [1.165, 1.54) is 36.4 Å². The van der Waals surface area contributed by atoms with Crippen LogP contribution >= 0.6 is 0 Å². The fraction of sp³-hybridized carbons (Fsp3) is 0. The fourth-order valence-electron chi connectivity index (χ4n) is 4.10. The minimum atomic E-state index is -2.29. The van der Waals surface area contributed by atoms with Crippen molar-refractivity contribution in [3.05, 3.63) is 107 Å². The van der Waals surface area contributed by atoms with Crippen LogP contribution in [0.25, 0.3) is 43.8 Å². The normalized spacial score (nSPS) is 11.6. The first-order valence-corrected chi connectivity index (χ1v) is 10.0. The zero-order valence-electron chi connectivity index (χ0n) is 17.4. The molecule has 5 aromatic carbocycles. The summed E-state index contributed by atoms with van der Waals surface area (Å²) >= 11 is 0. The quantitative estimate of drug-likeness (QED) is 0.0965. The molecule has 36 heavy (non-hydrogen) atoms. The van der Waals surface area contributed by atoms with Crippen LogP contribution in [0.1, 0.15) is 0 Å². The van der Waals surface area contributed by atoms with Crippen LogP contribution in [0, 0.1) is 58.2 Å². The molecule has 0 nitrogen and oxygen atoms in total. The van der Waals surface area contributed by atoms with Crippen molar-refractivity contribution in [2.24, 2.45) is 0 Å². The second-order valence-corrected chi connectivity index (χ2v) is 7.83. The number of halogens is 10. The Kier molecular flexibility index (Phi) is 5.42. The van der Waals surface area contributed by atoms with Crippen molar-refractivity contribution in [2.75, 3.05) is 0 Å². The van der Waals surface area contributed by atoms with Gasteiger partial charge in [-0.05, 0) is 44.8 Å². The average molecular weight is 510 g/mol. The maximum atomic E-state index is 14.2. The molecule has 10 heteroatoms. The molecule has 0 N–H and O–H groups in total. The van der Waals surface area contributed by atoms with Crippen LogP contribution in [0.2, 0.25) is 0 Å². The Labute approximate surface area is 195 Å². The minimum Gasteiger partial charge on any atom is -0.203 e. The molecule has 0 saturated heterocycles. The van der Waals surface area contributed by atoms with Crippen LogP contribution in [0.4, 0.5) is 43.9 Å². The monoisotopic (exact) mass is 510 g/mol. The molecule has 0 radical (unpaired) electrons. The molecular formula is C26H8F10. The van der Waals surface area contributed by atoms with E-state index in [1.54, 1.807) is 0 Å². The lowest BCUT2D eigenvalue weighted by Crippen LogP contribution is -2.04. The van der Waals surface area contributed by atoms with Gasteiger partial charge in [0.1, 0.15) is 0 Å². The second-order valence-electron chi connectivity index (χ2n) is 7.83. The van der Waals surface area contributed by atoms with Gasteiger partial charge in [0.05, 0.1) is 11.1 Å². The molecule has 0 atom stereocenters. The third-order valence-electron chi connectivity index (χ3n) is 5.83. The van der Waals surface area contributed by atoms with Crippen molar-refractivity contribution in [1.29, 1.82) is 0 Å². The summed E-state index contributed by atoms with van der Waals surface area (Å²) in [5, 5.41) is 1.47. The summed E-state index contributed by atoms with van der Waals surface area (Å²) in [7, 11) is 0. The zero-order chi connectivity index (χ0) is 26.0. The van der Waals surface area contributed by atoms with Gasteiger partial charge in [-0.1, -0.05) is 36.4 Å². The molecule has 0 aliphatic carbocycles. The van der Waals surface area contributed by atoms with Crippen LogP contribution in [0.15, 0.2) is 48.5 Å². The molecule has 0 spiro atoms. The van der Waals surface area contributed by atoms with E-state index in [2.05, 4.69) is 0 Å². The van der Waals surface area contributed by atoms with E-state index < -0.39 is 69.3 Å². The Balaban J connectivity index is 1.69. The van der Waals surface area contributed by atoms with Gasteiger partial charge in [0.25, 0.3) is 0 Å². The maximum absolute atomic E-state index is 14.2. The maximum Gasteiger partial charge on any atom is 0.200 e. The highest BCUT2D eigenvalue weighted by atomic mass is 19.2. The zero-order valence-corrected chi connectivity index (χ0v) is 17.4. The Bertz CT molecular complexity index is 1550. The lowest BCUT2D eigenvalue weighted by atomic mass is 9.94. The lowest BCUT2D eigenvalue weighted by Gasteiger charge is -2.12. The third kappa shape index (κ3) is 3.31. The van der Waals surface area contributed by atoms with Crippen LogP contribution < -0.4 is 0 Å². The third-order valence-corrected chi connectivity index (χ3v) is 5.83. The molecule has 182 valence electrons. The van der Waals surface area contributed by atoms with E-state index >= 15 is 0 Å². The number of fused-ring (bicyclic) bond motifs is 3. The molecule has 0 aliphatic rings. The molecule has 0 saturated carbocycles. The highest BCUT2D eigenvalue weighted by Gasteiger charge is 2.28. The molecule has 5 aromatic rings. The number of benzene rings is 5. The lowest BCUT2D eigenvalue weighted by molar-refractivity contribution is 0.381. The molecule has 0 unspecified atom stereocenters. The summed E-state index contributed by atoms with van der Waals surface area (Å²) in [6.07, 6.45) is 0. The topological polar surface area (TPSA) is 0 Å². The predicted octanol–water partition coefficient (Wildman–Crippen LogP) is 8.72. The molecular weight excluding hydrogens is 502 g/mol. The van der Waals surface area contributed by atoms with Crippen molar-refractivity contribution in [2.45, 2.75) is 0 Å². The molecule has 0 aliphatic heterocycles. The van der Waals surface area contributed by atoms with Gasteiger partial charge >= 0.3 is 0 Å². The largest absolute Gasteiger partial charge is 0.203 e. The van der Waals surface area contributed by atoms with Gasteiger partial charge < -0.3 is 0 Å². The Morgan fingerprint density at radius 2 is 0.583 bits per heavy atom. The minimum absolute atomic E-state index is 0.298. The van der Waals surface area contributed by atoms with Gasteiger partial charge in [-0.25, -0.2) is 43.9 Å². The van der Waals surface area contributed by atoms with E-state index in [0.29, 0.717) is 21.5 Å². The highest BCUT2D eigenvalue weighted by Crippen LogP contribution is 2.37.